The van der Waals surface area contributed by atoms with Crippen molar-refractivity contribution < 1.29 is 4.92 Å². The summed E-state index contributed by atoms with van der Waals surface area (Å²) in [4.78, 5) is 10.5. The van der Waals surface area contributed by atoms with Crippen molar-refractivity contribution >= 4 is 17.3 Å². The summed E-state index contributed by atoms with van der Waals surface area (Å²) < 4.78 is 2.12. The second kappa shape index (κ2) is 9.28. The van der Waals surface area contributed by atoms with E-state index >= 15 is 0 Å². The maximum atomic E-state index is 10.9. The molecule has 4 aromatic rings. The molecule has 0 amide bonds. The largest absolute Gasteiger partial charge is 0.318 e. The smallest absolute Gasteiger partial charge is 0.269 e. The minimum Gasteiger partial charge on any atom is -0.318 e. The lowest BCUT2D eigenvalue weighted by molar-refractivity contribution is -0.384. The minimum absolute atomic E-state index is 0.0654. The molecule has 4 rings (SSSR count). The van der Waals surface area contributed by atoms with E-state index in [0.29, 0.717) is 16.7 Å². The fourth-order valence-electron chi connectivity index (χ4n) is 4.00. The number of non-ortho nitro benzene ring substituents is 1. The summed E-state index contributed by atoms with van der Waals surface area (Å²) in [5.41, 5.74) is 7.56. The van der Waals surface area contributed by atoms with Crippen LogP contribution in [-0.4, -0.2) is 9.49 Å². The van der Waals surface area contributed by atoms with Crippen molar-refractivity contribution in [1.29, 1.82) is 10.5 Å². The van der Waals surface area contributed by atoms with E-state index in [2.05, 4.69) is 16.7 Å². The number of allylic oxidation sites excluding steroid dienone is 1. The zero-order valence-corrected chi connectivity index (χ0v) is 18.7. The normalized spacial score (nSPS) is 11.0. The molecule has 34 heavy (non-hydrogen) atoms. The van der Waals surface area contributed by atoms with Gasteiger partial charge in [0.25, 0.3) is 5.69 Å². The molecule has 0 aliphatic heterocycles. The number of nitro benzene ring substituents is 1. The molecule has 0 radical (unpaired) electrons. The molecular formula is C28H20N4O2. The topological polar surface area (TPSA) is 95.7 Å². The lowest BCUT2D eigenvalue weighted by Gasteiger charge is -2.11. The number of nitriles is 2. The van der Waals surface area contributed by atoms with Crippen LogP contribution >= 0.6 is 0 Å². The Labute approximate surface area is 197 Å². The van der Waals surface area contributed by atoms with Gasteiger partial charge in [-0.3, -0.25) is 10.1 Å². The van der Waals surface area contributed by atoms with Gasteiger partial charge in [0.2, 0.25) is 0 Å². The number of hydrogen-bond donors (Lipinski definition) is 0. The summed E-state index contributed by atoms with van der Waals surface area (Å²) in [6.45, 7) is 4.01. The Balaban J connectivity index is 1.67. The molecule has 0 N–H and O–H groups in total. The van der Waals surface area contributed by atoms with Crippen LogP contribution in [0.4, 0.5) is 5.69 Å². The van der Waals surface area contributed by atoms with Gasteiger partial charge in [-0.15, -0.1) is 0 Å². The second-order valence-electron chi connectivity index (χ2n) is 7.88. The van der Waals surface area contributed by atoms with Crippen LogP contribution < -0.4 is 0 Å². The van der Waals surface area contributed by atoms with E-state index in [-0.39, 0.29) is 5.69 Å². The maximum absolute atomic E-state index is 10.9. The monoisotopic (exact) mass is 444 g/mol. The number of aryl methyl sites for hydroxylation is 1. The van der Waals surface area contributed by atoms with Gasteiger partial charge in [-0.2, -0.15) is 10.5 Å². The van der Waals surface area contributed by atoms with Gasteiger partial charge in [-0.05, 0) is 84.6 Å². The van der Waals surface area contributed by atoms with E-state index in [4.69, 9.17) is 5.26 Å². The van der Waals surface area contributed by atoms with Crippen LogP contribution in [0.5, 0.6) is 0 Å². The van der Waals surface area contributed by atoms with Gasteiger partial charge >= 0.3 is 0 Å². The van der Waals surface area contributed by atoms with Crippen LogP contribution in [0.2, 0.25) is 0 Å². The summed E-state index contributed by atoms with van der Waals surface area (Å²) in [7, 11) is 0. The molecule has 0 bridgehead atoms. The van der Waals surface area contributed by atoms with Crippen molar-refractivity contribution in [3.8, 4) is 29.0 Å². The standard InChI is InChI=1S/C28H20N4O2/c1-19-14-25(16-26(18-30)24-5-3-4-21(15-24)17-29)20(2)31(19)27-10-6-22(7-11-27)23-8-12-28(13-9-23)32(33)34/h3-16H,1-2H3/b26-16-. The van der Waals surface area contributed by atoms with Crippen molar-refractivity contribution in [2.24, 2.45) is 0 Å². The fourth-order valence-corrected chi connectivity index (χ4v) is 4.00. The minimum atomic E-state index is -0.408. The summed E-state index contributed by atoms with van der Waals surface area (Å²) in [5.74, 6) is 0. The van der Waals surface area contributed by atoms with Crippen molar-refractivity contribution in [3.63, 3.8) is 0 Å². The first kappa shape index (κ1) is 22.3. The molecule has 6 heteroatoms. The van der Waals surface area contributed by atoms with E-state index in [0.717, 1.165) is 33.8 Å². The highest BCUT2D eigenvalue weighted by Crippen LogP contribution is 2.28. The first-order valence-electron chi connectivity index (χ1n) is 10.6. The van der Waals surface area contributed by atoms with Gasteiger partial charge in [0, 0.05) is 29.2 Å². The molecule has 0 saturated carbocycles. The average Bonchev–Trinajstić information content (AvgIpc) is 3.15. The molecule has 0 atom stereocenters. The van der Waals surface area contributed by atoms with Crippen LogP contribution in [0.25, 0.3) is 28.5 Å². The predicted octanol–water partition coefficient (Wildman–Crippen LogP) is 6.61. The number of aromatic nitrogens is 1. The Morgan fingerprint density at radius 2 is 1.59 bits per heavy atom. The van der Waals surface area contributed by atoms with Gasteiger partial charge in [0.1, 0.15) is 0 Å². The third-order valence-electron chi connectivity index (χ3n) is 5.73. The Kier molecular flexibility index (Phi) is 6.07. The lowest BCUT2D eigenvalue weighted by atomic mass is 10.0. The van der Waals surface area contributed by atoms with Gasteiger partial charge < -0.3 is 4.57 Å². The number of hydrogen-bond acceptors (Lipinski definition) is 4. The van der Waals surface area contributed by atoms with E-state index in [9.17, 15) is 15.4 Å². The third kappa shape index (κ3) is 4.34. The Morgan fingerprint density at radius 1 is 0.941 bits per heavy atom. The van der Waals surface area contributed by atoms with Crippen LogP contribution in [0.1, 0.15) is 28.1 Å². The quantitative estimate of drug-likeness (QED) is 0.197. The molecule has 1 aromatic heterocycles. The van der Waals surface area contributed by atoms with Crippen molar-refractivity contribution in [2.75, 3.05) is 0 Å². The van der Waals surface area contributed by atoms with Gasteiger partial charge in [-0.1, -0.05) is 24.3 Å². The molecule has 0 spiro atoms. The highest BCUT2D eigenvalue weighted by atomic mass is 16.6. The number of nitro groups is 1. The van der Waals surface area contributed by atoms with E-state index in [1.807, 2.05) is 56.3 Å². The molecule has 3 aromatic carbocycles. The molecule has 1 heterocycles. The van der Waals surface area contributed by atoms with Crippen LogP contribution in [-0.2, 0) is 0 Å². The molecular weight excluding hydrogens is 424 g/mol. The summed E-state index contributed by atoms with van der Waals surface area (Å²) in [6, 6.07) is 27.9. The third-order valence-corrected chi connectivity index (χ3v) is 5.73. The summed E-state index contributed by atoms with van der Waals surface area (Å²) in [6.07, 6.45) is 1.85. The first-order valence-corrected chi connectivity index (χ1v) is 10.6. The van der Waals surface area contributed by atoms with Crippen LogP contribution in [0.15, 0.2) is 78.9 Å². The molecule has 6 nitrogen and oxygen atoms in total. The number of rotatable bonds is 5. The van der Waals surface area contributed by atoms with Gasteiger partial charge in [-0.25, -0.2) is 0 Å². The fraction of sp³-hybridized carbons (Fsp3) is 0.0714. The molecule has 0 unspecified atom stereocenters. The molecule has 0 saturated heterocycles. The second-order valence-corrected chi connectivity index (χ2v) is 7.88. The Bertz CT molecular complexity index is 1500. The zero-order valence-electron chi connectivity index (χ0n) is 18.7. The average molecular weight is 444 g/mol. The van der Waals surface area contributed by atoms with Crippen LogP contribution in [0.3, 0.4) is 0 Å². The zero-order chi connectivity index (χ0) is 24.2. The van der Waals surface area contributed by atoms with Crippen molar-refractivity contribution in [1.82, 2.24) is 4.57 Å². The molecule has 0 aliphatic carbocycles. The SMILES string of the molecule is Cc1cc(/C=C(/C#N)c2cccc(C#N)c2)c(C)n1-c1ccc(-c2ccc([N+](=O)[O-])cc2)cc1. The maximum Gasteiger partial charge on any atom is 0.269 e. The first-order chi connectivity index (χ1) is 16.4. The van der Waals surface area contributed by atoms with Gasteiger partial charge in [0.05, 0.1) is 28.2 Å². The van der Waals surface area contributed by atoms with E-state index in [1.54, 1.807) is 30.3 Å². The number of benzene rings is 3. The summed E-state index contributed by atoms with van der Waals surface area (Å²) >= 11 is 0. The lowest BCUT2D eigenvalue weighted by Crippen LogP contribution is -1.99. The van der Waals surface area contributed by atoms with E-state index < -0.39 is 4.92 Å². The van der Waals surface area contributed by atoms with Crippen molar-refractivity contribution in [2.45, 2.75) is 13.8 Å². The molecule has 164 valence electrons. The predicted molar refractivity (Wildman–Crippen MR) is 132 cm³/mol. The van der Waals surface area contributed by atoms with Crippen molar-refractivity contribution in [3.05, 3.63) is 117 Å². The van der Waals surface area contributed by atoms with E-state index in [1.165, 1.54) is 12.1 Å². The molecule has 0 fully saturated rings. The highest BCUT2D eigenvalue weighted by Gasteiger charge is 2.12. The Morgan fingerprint density at radius 3 is 2.18 bits per heavy atom. The number of nitrogens with zero attached hydrogens (tertiary/aromatic N) is 4. The molecule has 0 aliphatic rings. The summed E-state index contributed by atoms with van der Waals surface area (Å²) in [5, 5.41) is 29.8. The van der Waals surface area contributed by atoms with Gasteiger partial charge in [0.15, 0.2) is 0 Å². The Hall–Kier alpha value is -4.94. The van der Waals surface area contributed by atoms with Crippen LogP contribution in [0, 0.1) is 46.6 Å². The highest BCUT2D eigenvalue weighted by molar-refractivity contribution is 5.90.